The minimum absolute atomic E-state index is 0.0651. The van der Waals surface area contributed by atoms with Crippen molar-refractivity contribution in [3.8, 4) is 0 Å². The average Bonchev–Trinajstić information content (AvgIpc) is 2.27. The fourth-order valence-corrected chi connectivity index (χ4v) is 1.88. The Bertz CT molecular complexity index is 364. The van der Waals surface area contributed by atoms with Gasteiger partial charge in [0.25, 0.3) is 0 Å². The molecule has 0 saturated heterocycles. The van der Waals surface area contributed by atoms with Crippen molar-refractivity contribution in [2.24, 2.45) is 5.73 Å². The molecule has 2 N–H and O–H groups in total. The highest BCUT2D eigenvalue weighted by Crippen LogP contribution is 2.17. The van der Waals surface area contributed by atoms with E-state index >= 15 is 0 Å². The summed E-state index contributed by atoms with van der Waals surface area (Å²) in [5, 5.41) is 0. The van der Waals surface area contributed by atoms with Gasteiger partial charge in [-0.3, -0.25) is 0 Å². The van der Waals surface area contributed by atoms with Crippen molar-refractivity contribution in [3.63, 3.8) is 0 Å². The number of benzene rings is 1. The third kappa shape index (κ3) is 5.17. The summed E-state index contributed by atoms with van der Waals surface area (Å²) in [7, 11) is 0. The van der Waals surface area contributed by atoms with E-state index < -0.39 is 0 Å². The van der Waals surface area contributed by atoms with Crippen molar-refractivity contribution < 1.29 is 9.47 Å². The summed E-state index contributed by atoms with van der Waals surface area (Å²) in [5.41, 5.74) is 9.77. The molecule has 0 spiro atoms. The van der Waals surface area contributed by atoms with Crippen LogP contribution < -0.4 is 5.73 Å². The largest absolute Gasteiger partial charge is 0.377 e. The van der Waals surface area contributed by atoms with E-state index in [2.05, 4.69) is 32.0 Å². The third-order valence-electron chi connectivity index (χ3n) is 2.80. The molecule has 0 bridgehead atoms. The van der Waals surface area contributed by atoms with Gasteiger partial charge in [0, 0.05) is 0 Å². The summed E-state index contributed by atoms with van der Waals surface area (Å²) in [6, 6.07) is 6.26. The van der Waals surface area contributed by atoms with Gasteiger partial charge in [0.15, 0.2) is 0 Å². The standard InChI is InChI=1S/C15H25NO2/c1-11(2)18-8-7-17-10-15(16)14-6-5-12(3)9-13(14)4/h5-6,9,11,15H,7-8,10,16H2,1-4H3. The van der Waals surface area contributed by atoms with Crippen molar-refractivity contribution in [1.29, 1.82) is 0 Å². The number of hydrogen-bond donors (Lipinski definition) is 1. The molecule has 1 unspecified atom stereocenters. The number of hydrogen-bond acceptors (Lipinski definition) is 3. The zero-order chi connectivity index (χ0) is 13.5. The van der Waals surface area contributed by atoms with Crippen LogP contribution >= 0.6 is 0 Å². The normalized spacial score (nSPS) is 13.0. The van der Waals surface area contributed by atoms with E-state index in [0.717, 1.165) is 5.56 Å². The monoisotopic (exact) mass is 251 g/mol. The first kappa shape index (κ1) is 15.2. The van der Waals surface area contributed by atoms with Crippen LogP contribution in [0.1, 0.15) is 36.6 Å². The van der Waals surface area contributed by atoms with Crippen LogP contribution in [0.5, 0.6) is 0 Å². The van der Waals surface area contributed by atoms with Crippen molar-refractivity contribution in [2.45, 2.75) is 39.8 Å². The van der Waals surface area contributed by atoms with Gasteiger partial charge in [0.05, 0.1) is 32.0 Å². The van der Waals surface area contributed by atoms with Crippen LogP contribution in [0.4, 0.5) is 0 Å². The molecule has 0 aliphatic heterocycles. The van der Waals surface area contributed by atoms with E-state index in [-0.39, 0.29) is 12.1 Å². The predicted molar refractivity (Wildman–Crippen MR) is 74.8 cm³/mol. The lowest BCUT2D eigenvalue weighted by Gasteiger charge is -2.16. The summed E-state index contributed by atoms with van der Waals surface area (Å²) in [5.74, 6) is 0. The molecule has 1 atom stereocenters. The Morgan fingerprint density at radius 3 is 2.50 bits per heavy atom. The van der Waals surface area contributed by atoms with Gasteiger partial charge in [-0.2, -0.15) is 0 Å². The van der Waals surface area contributed by atoms with Crippen LogP contribution in [0.25, 0.3) is 0 Å². The molecular weight excluding hydrogens is 226 g/mol. The Morgan fingerprint density at radius 2 is 1.89 bits per heavy atom. The Kier molecular flexibility index (Phi) is 6.33. The van der Waals surface area contributed by atoms with Gasteiger partial charge in [-0.05, 0) is 38.8 Å². The average molecular weight is 251 g/mol. The van der Waals surface area contributed by atoms with Gasteiger partial charge in [-0.1, -0.05) is 23.8 Å². The summed E-state index contributed by atoms with van der Waals surface area (Å²) in [6.07, 6.45) is 0.251. The second-order valence-electron chi connectivity index (χ2n) is 4.96. The molecule has 0 amide bonds. The van der Waals surface area contributed by atoms with Crippen molar-refractivity contribution in [2.75, 3.05) is 19.8 Å². The summed E-state index contributed by atoms with van der Waals surface area (Å²) in [4.78, 5) is 0. The second-order valence-corrected chi connectivity index (χ2v) is 4.96. The minimum atomic E-state index is -0.0651. The topological polar surface area (TPSA) is 44.5 Å². The molecule has 0 saturated carbocycles. The van der Waals surface area contributed by atoms with Crippen LogP contribution in [-0.4, -0.2) is 25.9 Å². The highest BCUT2D eigenvalue weighted by molar-refractivity contribution is 5.32. The van der Waals surface area contributed by atoms with Gasteiger partial charge < -0.3 is 15.2 Å². The molecule has 0 aromatic heterocycles. The molecule has 1 aromatic rings. The van der Waals surface area contributed by atoms with Gasteiger partial charge in [-0.25, -0.2) is 0 Å². The van der Waals surface area contributed by atoms with Crippen LogP contribution in [0.15, 0.2) is 18.2 Å². The molecule has 3 heteroatoms. The molecule has 0 fully saturated rings. The van der Waals surface area contributed by atoms with E-state index in [9.17, 15) is 0 Å². The molecule has 0 radical (unpaired) electrons. The first-order chi connectivity index (χ1) is 8.50. The maximum absolute atomic E-state index is 6.12. The zero-order valence-corrected chi connectivity index (χ0v) is 11.9. The van der Waals surface area contributed by atoms with Crippen molar-refractivity contribution in [1.82, 2.24) is 0 Å². The maximum Gasteiger partial charge on any atom is 0.0703 e. The molecule has 1 rings (SSSR count). The fraction of sp³-hybridized carbons (Fsp3) is 0.600. The van der Waals surface area contributed by atoms with E-state index in [0.29, 0.717) is 19.8 Å². The Labute approximate surface area is 110 Å². The summed E-state index contributed by atoms with van der Waals surface area (Å²) >= 11 is 0. The van der Waals surface area contributed by atoms with E-state index in [1.165, 1.54) is 11.1 Å². The highest BCUT2D eigenvalue weighted by Gasteiger charge is 2.09. The van der Waals surface area contributed by atoms with E-state index in [1.54, 1.807) is 0 Å². The molecule has 0 heterocycles. The first-order valence-electron chi connectivity index (χ1n) is 6.52. The predicted octanol–water partition coefficient (Wildman–Crippen LogP) is 2.74. The van der Waals surface area contributed by atoms with E-state index in [1.807, 2.05) is 13.8 Å². The van der Waals surface area contributed by atoms with E-state index in [4.69, 9.17) is 15.2 Å². The lowest BCUT2D eigenvalue weighted by molar-refractivity contribution is 0.0161. The Balaban J connectivity index is 2.34. The first-order valence-corrected chi connectivity index (χ1v) is 6.52. The molecule has 102 valence electrons. The second kappa shape index (κ2) is 7.52. The SMILES string of the molecule is Cc1ccc(C(N)COCCOC(C)C)c(C)c1. The number of ether oxygens (including phenoxy) is 2. The quantitative estimate of drug-likeness (QED) is 0.758. The minimum Gasteiger partial charge on any atom is -0.377 e. The number of rotatable bonds is 7. The molecule has 0 aliphatic rings. The van der Waals surface area contributed by atoms with Crippen molar-refractivity contribution >= 4 is 0 Å². The molecule has 0 aliphatic carbocycles. The van der Waals surface area contributed by atoms with Crippen LogP contribution in [0, 0.1) is 13.8 Å². The smallest absolute Gasteiger partial charge is 0.0703 e. The molecule has 1 aromatic carbocycles. The van der Waals surface area contributed by atoms with Gasteiger partial charge in [0.1, 0.15) is 0 Å². The number of nitrogens with two attached hydrogens (primary N) is 1. The fourth-order valence-electron chi connectivity index (χ4n) is 1.88. The molecular formula is C15H25NO2. The number of aryl methyl sites for hydroxylation is 2. The maximum atomic E-state index is 6.12. The lowest BCUT2D eigenvalue weighted by Crippen LogP contribution is -2.20. The molecule has 3 nitrogen and oxygen atoms in total. The zero-order valence-electron chi connectivity index (χ0n) is 11.9. The Morgan fingerprint density at radius 1 is 1.17 bits per heavy atom. The van der Waals surface area contributed by atoms with Crippen molar-refractivity contribution in [3.05, 3.63) is 34.9 Å². The van der Waals surface area contributed by atoms with Crippen LogP contribution in [0.2, 0.25) is 0 Å². The van der Waals surface area contributed by atoms with Gasteiger partial charge >= 0.3 is 0 Å². The summed E-state index contributed by atoms with van der Waals surface area (Å²) < 4.78 is 10.9. The Hall–Kier alpha value is -0.900. The molecule has 18 heavy (non-hydrogen) atoms. The van der Waals surface area contributed by atoms with Gasteiger partial charge in [0.2, 0.25) is 0 Å². The summed E-state index contributed by atoms with van der Waals surface area (Å²) in [6.45, 7) is 9.95. The third-order valence-corrected chi connectivity index (χ3v) is 2.80. The lowest BCUT2D eigenvalue weighted by atomic mass is 10.0. The highest BCUT2D eigenvalue weighted by atomic mass is 16.5. The van der Waals surface area contributed by atoms with Crippen LogP contribution in [0.3, 0.4) is 0 Å². The van der Waals surface area contributed by atoms with Crippen LogP contribution in [-0.2, 0) is 9.47 Å². The van der Waals surface area contributed by atoms with Gasteiger partial charge in [-0.15, -0.1) is 0 Å².